The first-order valence-corrected chi connectivity index (χ1v) is 15.2. The fourth-order valence-corrected chi connectivity index (χ4v) is 7.56. The van der Waals surface area contributed by atoms with E-state index in [2.05, 4.69) is 18.7 Å². The fraction of sp³-hybridized carbons (Fsp3) is 0.481. The highest BCUT2D eigenvalue weighted by atomic mass is 35.5. The summed E-state index contributed by atoms with van der Waals surface area (Å²) in [7, 11) is -3.59. The van der Waals surface area contributed by atoms with Crippen molar-refractivity contribution in [2.45, 2.75) is 57.4 Å². The summed E-state index contributed by atoms with van der Waals surface area (Å²) >= 11 is 1.50. The van der Waals surface area contributed by atoms with Crippen LogP contribution in [0.25, 0.3) is 10.2 Å². The van der Waals surface area contributed by atoms with Crippen LogP contribution in [0.15, 0.2) is 53.4 Å². The smallest absolute Gasteiger partial charge is 0.260 e. The molecule has 7 nitrogen and oxygen atoms in total. The van der Waals surface area contributed by atoms with Crippen LogP contribution in [0.4, 0.5) is 5.13 Å². The second-order valence-corrected chi connectivity index (χ2v) is 12.0. The molecule has 1 unspecified atom stereocenters. The van der Waals surface area contributed by atoms with Crippen molar-refractivity contribution in [1.29, 1.82) is 0 Å². The third-order valence-corrected chi connectivity index (χ3v) is 10.1. The second kappa shape index (κ2) is 13.2. The Bertz CT molecular complexity index is 1240. The van der Waals surface area contributed by atoms with Gasteiger partial charge in [0.15, 0.2) is 5.13 Å². The second-order valence-electron chi connectivity index (χ2n) is 9.15. The van der Waals surface area contributed by atoms with E-state index >= 15 is 0 Å². The number of rotatable bonds is 10. The molecule has 0 radical (unpaired) electrons. The van der Waals surface area contributed by atoms with Gasteiger partial charge in [0.2, 0.25) is 10.0 Å². The number of fused-ring (bicyclic) bond motifs is 1. The van der Waals surface area contributed by atoms with Crippen LogP contribution in [0.3, 0.4) is 0 Å². The summed E-state index contributed by atoms with van der Waals surface area (Å²) in [6, 6.07) is 14.3. The van der Waals surface area contributed by atoms with Gasteiger partial charge < -0.3 is 4.90 Å². The number of carbonyl (C=O) groups is 1. The van der Waals surface area contributed by atoms with Crippen molar-refractivity contribution in [3.05, 3.63) is 54.1 Å². The maximum atomic E-state index is 13.7. The first-order valence-electron chi connectivity index (χ1n) is 12.9. The van der Waals surface area contributed by atoms with Gasteiger partial charge in [0, 0.05) is 31.2 Å². The van der Waals surface area contributed by atoms with Crippen molar-refractivity contribution >= 4 is 55.0 Å². The highest BCUT2D eigenvalue weighted by Gasteiger charge is 2.32. The lowest BCUT2D eigenvalue weighted by atomic mass is 10.0. The Labute approximate surface area is 230 Å². The van der Waals surface area contributed by atoms with Crippen LogP contribution in [0.1, 0.15) is 56.8 Å². The average molecular weight is 565 g/mol. The molecule has 37 heavy (non-hydrogen) atoms. The van der Waals surface area contributed by atoms with Gasteiger partial charge in [0.05, 0.1) is 15.1 Å². The average Bonchev–Trinajstić information content (AvgIpc) is 3.35. The third-order valence-electron chi connectivity index (χ3n) is 7.05. The number of hydrogen-bond acceptors (Lipinski definition) is 6. The van der Waals surface area contributed by atoms with E-state index in [1.54, 1.807) is 33.5 Å². The molecule has 0 saturated carbocycles. The number of aromatic nitrogens is 1. The molecule has 202 valence electrons. The van der Waals surface area contributed by atoms with Crippen LogP contribution >= 0.6 is 23.7 Å². The molecule has 2 heterocycles. The van der Waals surface area contributed by atoms with E-state index < -0.39 is 10.0 Å². The molecule has 1 aliphatic rings. The number of para-hydroxylation sites is 1. The molecule has 1 atom stereocenters. The van der Waals surface area contributed by atoms with Crippen molar-refractivity contribution in [1.82, 2.24) is 14.2 Å². The summed E-state index contributed by atoms with van der Waals surface area (Å²) in [4.78, 5) is 22.7. The summed E-state index contributed by atoms with van der Waals surface area (Å²) in [5.74, 6) is -0.172. The number of halogens is 1. The standard InChI is InChI=1S/C27H36N4O3S2.ClH/c1-4-22-11-9-10-18-31(22)36(33,34)23-16-14-21(15-17-23)26(32)30(20-19-29(5-2)6-3)27-28-24-12-7-8-13-25(24)35-27;/h7-8,12-17,22H,4-6,9-11,18-20H2,1-3H3;1H. The van der Waals surface area contributed by atoms with Gasteiger partial charge in [-0.3, -0.25) is 9.69 Å². The number of nitrogens with zero attached hydrogens (tertiary/aromatic N) is 4. The largest absolute Gasteiger partial charge is 0.302 e. The molecule has 10 heteroatoms. The highest BCUT2D eigenvalue weighted by molar-refractivity contribution is 7.89. The van der Waals surface area contributed by atoms with Crippen molar-refractivity contribution in [3.63, 3.8) is 0 Å². The number of likely N-dealkylation sites (N-methyl/N-ethyl adjacent to an activating group) is 1. The SMILES string of the molecule is CCC1CCCCN1S(=O)(=O)c1ccc(C(=O)N(CCN(CC)CC)c2nc3ccccc3s2)cc1.Cl. The minimum absolute atomic E-state index is 0. The maximum Gasteiger partial charge on any atom is 0.260 e. The first-order chi connectivity index (χ1) is 17.4. The summed E-state index contributed by atoms with van der Waals surface area (Å²) in [6.07, 6.45) is 3.65. The molecule has 3 aromatic rings. The lowest BCUT2D eigenvalue weighted by Crippen LogP contribution is -2.43. The van der Waals surface area contributed by atoms with Gasteiger partial charge in [0.1, 0.15) is 0 Å². The Kier molecular flexibility index (Phi) is 10.5. The zero-order valence-electron chi connectivity index (χ0n) is 21.8. The highest BCUT2D eigenvalue weighted by Crippen LogP contribution is 2.30. The van der Waals surface area contributed by atoms with Crippen LogP contribution in [0, 0.1) is 0 Å². The molecule has 1 aromatic heterocycles. The van der Waals surface area contributed by atoms with Gasteiger partial charge in [-0.25, -0.2) is 13.4 Å². The zero-order valence-corrected chi connectivity index (χ0v) is 24.2. The van der Waals surface area contributed by atoms with E-state index in [0.29, 0.717) is 23.8 Å². The Hall–Kier alpha value is -2.04. The van der Waals surface area contributed by atoms with E-state index in [9.17, 15) is 13.2 Å². The van der Waals surface area contributed by atoms with E-state index in [1.807, 2.05) is 31.2 Å². The molecule has 0 bridgehead atoms. The normalized spacial score (nSPS) is 16.6. The maximum absolute atomic E-state index is 13.7. The van der Waals surface area contributed by atoms with Crippen molar-refractivity contribution in [2.24, 2.45) is 0 Å². The number of amides is 1. The quantitative estimate of drug-likeness (QED) is 0.318. The van der Waals surface area contributed by atoms with Crippen molar-refractivity contribution in [2.75, 3.05) is 37.6 Å². The summed E-state index contributed by atoms with van der Waals surface area (Å²) < 4.78 is 29.4. The monoisotopic (exact) mass is 564 g/mol. The zero-order chi connectivity index (χ0) is 25.7. The first kappa shape index (κ1) is 29.5. The van der Waals surface area contributed by atoms with Crippen molar-refractivity contribution < 1.29 is 13.2 Å². The minimum atomic E-state index is -3.59. The molecular formula is C27H37ClN4O3S2. The molecule has 0 N–H and O–H groups in total. The molecule has 1 fully saturated rings. The van der Waals surface area contributed by atoms with Crippen LogP contribution < -0.4 is 4.90 Å². The molecule has 4 rings (SSSR count). The van der Waals surface area contributed by atoms with Gasteiger partial charge in [-0.2, -0.15) is 4.31 Å². The molecule has 2 aromatic carbocycles. The predicted octanol–water partition coefficient (Wildman–Crippen LogP) is 5.66. The van der Waals surface area contributed by atoms with Crippen LogP contribution in [0.5, 0.6) is 0 Å². The number of benzene rings is 2. The van der Waals surface area contributed by atoms with Crippen LogP contribution in [-0.4, -0.2) is 67.3 Å². The molecule has 0 aliphatic carbocycles. The minimum Gasteiger partial charge on any atom is -0.302 e. The van der Waals surface area contributed by atoms with Crippen molar-refractivity contribution in [3.8, 4) is 0 Å². The summed E-state index contributed by atoms with van der Waals surface area (Å²) in [5.41, 5.74) is 1.32. The van der Waals surface area contributed by atoms with Gasteiger partial charge in [-0.15, -0.1) is 12.4 Å². The Morgan fingerprint density at radius 3 is 2.38 bits per heavy atom. The van der Waals surface area contributed by atoms with Crippen LogP contribution in [0.2, 0.25) is 0 Å². The number of anilines is 1. The molecule has 1 saturated heterocycles. The fourth-order valence-electron chi connectivity index (χ4n) is 4.80. The van der Waals surface area contributed by atoms with E-state index in [0.717, 1.165) is 55.5 Å². The number of piperidine rings is 1. The van der Waals surface area contributed by atoms with E-state index in [4.69, 9.17) is 4.98 Å². The lowest BCUT2D eigenvalue weighted by Gasteiger charge is -2.34. The predicted molar refractivity (Wildman–Crippen MR) is 155 cm³/mol. The Morgan fingerprint density at radius 2 is 1.73 bits per heavy atom. The number of carbonyl (C=O) groups excluding carboxylic acids is 1. The van der Waals surface area contributed by atoms with Gasteiger partial charge in [-0.05, 0) is 68.8 Å². The molecular weight excluding hydrogens is 528 g/mol. The Morgan fingerprint density at radius 1 is 1.03 bits per heavy atom. The number of hydrogen-bond donors (Lipinski definition) is 0. The molecule has 1 aliphatic heterocycles. The molecule has 0 spiro atoms. The van der Waals surface area contributed by atoms with E-state index in [1.165, 1.54) is 11.3 Å². The van der Waals surface area contributed by atoms with Gasteiger partial charge >= 0.3 is 0 Å². The molecule has 1 amide bonds. The number of sulfonamides is 1. The third kappa shape index (κ3) is 6.52. The lowest BCUT2D eigenvalue weighted by molar-refractivity contribution is 0.0983. The van der Waals surface area contributed by atoms with Crippen LogP contribution in [-0.2, 0) is 10.0 Å². The van der Waals surface area contributed by atoms with Gasteiger partial charge in [0.25, 0.3) is 5.91 Å². The number of thiazole rings is 1. The topological polar surface area (TPSA) is 73.8 Å². The Balaban J connectivity index is 0.00000380. The summed E-state index contributed by atoms with van der Waals surface area (Å²) in [6.45, 7) is 9.85. The van der Waals surface area contributed by atoms with Gasteiger partial charge in [-0.1, -0.05) is 50.7 Å². The summed E-state index contributed by atoms with van der Waals surface area (Å²) in [5, 5.41) is 0.657. The van der Waals surface area contributed by atoms with E-state index in [-0.39, 0.29) is 29.3 Å².